The van der Waals surface area contributed by atoms with Crippen LogP contribution in [0.25, 0.3) is 0 Å². The highest BCUT2D eigenvalue weighted by Crippen LogP contribution is 2.28. The van der Waals surface area contributed by atoms with Gasteiger partial charge in [0.15, 0.2) is 18.1 Å². The van der Waals surface area contributed by atoms with Crippen molar-refractivity contribution in [3.8, 4) is 11.5 Å². The fourth-order valence-corrected chi connectivity index (χ4v) is 3.16. The summed E-state index contributed by atoms with van der Waals surface area (Å²) in [6, 6.07) is 13.6. The van der Waals surface area contributed by atoms with Crippen LogP contribution in [-0.4, -0.2) is 38.0 Å². The third-order valence-corrected chi connectivity index (χ3v) is 4.72. The standard InChI is InChI=1S/C25H33N3O5/c1-5-26-23(30)16-33-20-12-11-18(14-21(20)32-4)15-27-25(31)24(19-9-7-6-8-10-19)28-22(29)13-17(2)3/h6-12,14,17,24H,5,13,15-16H2,1-4H3,(H,26,30)(H,27,31)(H,28,29). The van der Waals surface area contributed by atoms with Gasteiger partial charge in [-0.3, -0.25) is 14.4 Å². The molecule has 178 valence electrons. The molecule has 8 nitrogen and oxygen atoms in total. The molecule has 0 aliphatic heterocycles. The fraction of sp³-hybridized carbons (Fsp3) is 0.400. The highest BCUT2D eigenvalue weighted by Gasteiger charge is 2.23. The molecule has 2 rings (SSSR count). The van der Waals surface area contributed by atoms with Crippen LogP contribution in [0.5, 0.6) is 11.5 Å². The number of rotatable bonds is 12. The maximum atomic E-state index is 13.0. The van der Waals surface area contributed by atoms with E-state index in [1.165, 1.54) is 7.11 Å². The van der Waals surface area contributed by atoms with Crippen LogP contribution in [0.4, 0.5) is 0 Å². The first-order valence-corrected chi connectivity index (χ1v) is 11.0. The topological polar surface area (TPSA) is 106 Å². The molecule has 0 aromatic heterocycles. The molecule has 0 fully saturated rings. The molecule has 33 heavy (non-hydrogen) atoms. The molecule has 3 amide bonds. The zero-order valence-corrected chi connectivity index (χ0v) is 19.6. The van der Waals surface area contributed by atoms with E-state index in [2.05, 4.69) is 16.0 Å². The van der Waals surface area contributed by atoms with Crippen LogP contribution < -0.4 is 25.4 Å². The molecule has 0 saturated carbocycles. The second kappa shape index (κ2) is 13.1. The number of carbonyl (C=O) groups is 3. The normalized spacial score (nSPS) is 11.4. The Morgan fingerprint density at radius 2 is 1.67 bits per heavy atom. The Morgan fingerprint density at radius 3 is 2.30 bits per heavy atom. The van der Waals surface area contributed by atoms with Crippen molar-refractivity contribution < 1.29 is 23.9 Å². The smallest absolute Gasteiger partial charge is 0.257 e. The Hall–Kier alpha value is -3.55. The van der Waals surface area contributed by atoms with Crippen molar-refractivity contribution in [2.45, 2.75) is 39.8 Å². The third-order valence-electron chi connectivity index (χ3n) is 4.72. The lowest BCUT2D eigenvalue weighted by atomic mass is 10.0. The van der Waals surface area contributed by atoms with E-state index in [1.807, 2.05) is 51.1 Å². The molecule has 0 aliphatic rings. The molecule has 0 heterocycles. The maximum Gasteiger partial charge on any atom is 0.257 e. The van der Waals surface area contributed by atoms with Gasteiger partial charge in [-0.2, -0.15) is 0 Å². The minimum atomic E-state index is -0.793. The first-order valence-electron chi connectivity index (χ1n) is 11.0. The number of ether oxygens (including phenoxy) is 2. The average molecular weight is 456 g/mol. The van der Waals surface area contributed by atoms with Gasteiger partial charge in [-0.1, -0.05) is 50.2 Å². The summed E-state index contributed by atoms with van der Waals surface area (Å²) >= 11 is 0. The van der Waals surface area contributed by atoms with E-state index in [-0.39, 0.29) is 36.8 Å². The van der Waals surface area contributed by atoms with Crippen molar-refractivity contribution in [1.29, 1.82) is 0 Å². The monoisotopic (exact) mass is 455 g/mol. The molecule has 0 bridgehead atoms. The minimum Gasteiger partial charge on any atom is -0.493 e. The first kappa shape index (κ1) is 25.7. The number of methoxy groups -OCH3 is 1. The van der Waals surface area contributed by atoms with Crippen LogP contribution >= 0.6 is 0 Å². The largest absolute Gasteiger partial charge is 0.493 e. The lowest BCUT2D eigenvalue weighted by molar-refractivity contribution is -0.129. The molecule has 2 aromatic rings. The van der Waals surface area contributed by atoms with Crippen molar-refractivity contribution in [3.63, 3.8) is 0 Å². The second-order valence-corrected chi connectivity index (χ2v) is 7.95. The zero-order chi connectivity index (χ0) is 24.2. The Kier molecular flexibility index (Phi) is 10.2. The fourth-order valence-electron chi connectivity index (χ4n) is 3.16. The van der Waals surface area contributed by atoms with Crippen LogP contribution in [0, 0.1) is 5.92 Å². The molecule has 0 saturated heterocycles. The summed E-state index contributed by atoms with van der Waals surface area (Å²) in [5, 5.41) is 8.38. The van der Waals surface area contributed by atoms with Gasteiger partial charge in [0, 0.05) is 19.5 Å². The first-order chi connectivity index (χ1) is 15.8. The number of nitrogens with one attached hydrogen (secondary N) is 3. The van der Waals surface area contributed by atoms with Crippen molar-refractivity contribution >= 4 is 17.7 Å². The Morgan fingerprint density at radius 1 is 0.939 bits per heavy atom. The highest BCUT2D eigenvalue weighted by molar-refractivity contribution is 5.88. The average Bonchev–Trinajstić information content (AvgIpc) is 2.80. The highest BCUT2D eigenvalue weighted by atomic mass is 16.5. The molecule has 0 aliphatic carbocycles. The quantitative estimate of drug-likeness (QED) is 0.456. The van der Waals surface area contributed by atoms with Crippen LogP contribution in [0.15, 0.2) is 48.5 Å². The summed E-state index contributed by atoms with van der Waals surface area (Å²) in [4.78, 5) is 36.9. The summed E-state index contributed by atoms with van der Waals surface area (Å²) in [5.74, 6) is 0.365. The number of hydrogen-bond acceptors (Lipinski definition) is 5. The summed E-state index contributed by atoms with van der Waals surface area (Å²) < 4.78 is 10.9. The molecule has 8 heteroatoms. The SMILES string of the molecule is CCNC(=O)COc1ccc(CNC(=O)C(NC(=O)CC(C)C)c2ccccc2)cc1OC. The van der Waals surface area contributed by atoms with Crippen LogP contribution in [0.1, 0.15) is 44.4 Å². The molecular weight excluding hydrogens is 422 g/mol. The van der Waals surface area contributed by atoms with Gasteiger partial charge in [-0.15, -0.1) is 0 Å². The summed E-state index contributed by atoms with van der Waals surface area (Å²) in [7, 11) is 1.51. The van der Waals surface area contributed by atoms with Crippen LogP contribution in [-0.2, 0) is 20.9 Å². The van der Waals surface area contributed by atoms with Crippen molar-refractivity contribution in [3.05, 3.63) is 59.7 Å². The van der Waals surface area contributed by atoms with Crippen molar-refractivity contribution in [2.24, 2.45) is 5.92 Å². The zero-order valence-electron chi connectivity index (χ0n) is 19.6. The Bertz CT molecular complexity index is 931. The van der Waals surface area contributed by atoms with E-state index in [0.717, 1.165) is 5.56 Å². The summed E-state index contributed by atoms with van der Waals surface area (Å²) in [5.41, 5.74) is 1.49. The molecule has 1 unspecified atom stereocenters. The van der Waals surface area contributed by atoms with Gasteiger partial charge in [0.1, 0.15) is 6.04 Å². The summed E-state index contributed by atoms with van der Waals surface area (Å²) in [6.45, 7) is 6.38. The molecule has 0 spiro atoms. The Balaban J connectivity index is 2.06. The van der Waals surface area contributed by atoms with Crippen molar-refractivity contribution in [2.75, 3.05) is 20.3 Å². The van der Waals surface area contributed by atoms with E-state index in [9.17, 15) is 14.4 Å². The number of benzene rings is 2. The van der Waals surface area contributed by atoms with Gasteiger partial charge >= 0.3 is 0 Å². The molecule has 2 aromatic carbocycles. The molecule has 1 atom stereocenters. The number of likely N-dealkylation sites (N-methyl/N-ethyl adjacent to an activating group) is 1. The predicted octanol–water partition coefficient (Wildman–Crippen LogP) is 2.73. The van der Waals surface area contributed by atoms with E-state index in [4.69, 9.17) is 9.47 Å². The minimum absolute atomic E-state index is 0.116. The van der Waals surface area contributed by atoms with Gasteiger partial charge in [-0.25, -0.2) is 0 Å². The van der Waals surface area contributed by atoms with Crippen LogP contribution in [0.2, 0.25) is 0 Å². The van der Waals surface area contributed by atoms with Gasteiger partial charge in [0.25, 0.3) is 5.91 Å². The molecular formula is C25H33N3O5. The van der Waals surface area contributed by atoms with E-state index < -0.39 is 6.04 Å². The molecule has 0 radical (unpaired) electrons. The number of hydrogen-bond donors (Lipinski definition) is 3. The van der Waals surface area contributed by atoms with Gasteiger partial charge < -0.3 is 25.4 Å². The van der Waals surface area contributed by atoms with Gasteiger partial charge in [-0.05, 0) is 36.1 Å². The van der Waals surface area contributed by atoms with Gasteiger partial charge in [0.2, 0.25) is 11.8 Å². The predicted molar refractivity (Wildman–Crippen MR) is 126 cm³/mol. The number of carbonyl (C=O) groups excluding carboxylic acids is 3. The van der Waals surface area contributed by atoms with Gasteiger partial charge in [0.05, 0.1) is 7.11 Å². The van der Waals surface area contributed by atoms with E-state index in [1.54, 1.807) is 18.2 Å². The van der Waals surface area contributed by atoms with Crippen LogP contribution in [0.3, 0.4) is 0 Å². The lowest BCUT2D eigenvalue weighted by Gasteiger charge is -2.20. The summed E-state index contributed by atoms with van der Waals surface area (Å²) in [6.07, 6.45) is 0.339. The Labute approximate surface area is 195 Å². The molecule has 3 N–H and O–H groups in total. The van der Waals surface area contributed by atoms with E-state index in [0.29, 0.717) is 30.0 Å². The number of amides is 3. The van der Waals surface area contributed by atoms with E-state index >= 15 is 0 Å². The third kappa shape index (κ3) is 8.48. The maximum absolute atomic E-state index is 13.0. The lowest BCUT2D eigenvalue weighted by Crippen LogP contribution is -2.40. The van der Waals surface area contributed by atoms with Crippen molar-refractivity contribution in [1.82, 2.24) is 16.0 Å². The second-order valence-electron chi connectivity index (χ2n) is 7.95.